The zero-order valence-corrected chi connectivity index (χ0v) is 6.27. The van der Waals surface area contributed by atoms with Gasteiger partial charge in [0.15, 0.2) is 0 Å². The number of hydrogen-bond donors (Lipinski definition) is 0. The van der Waals surface area contributed by atoms with Gasteiger partial charge < -0.3 is 0 Å². The minimum atomic E-state index is -0.343. The maximum absolute atomic E-state index is 12.7. The van der Waals surface area contributed by atoms with E-state index in [0.717, 1.165) is 6.20 Å². The summed E-state index contributed by atoms with van der Waals surface area (Å²) in [4.78, 5) is 3.59. The highest BCUT2D eigenvalue weighted by Gasteiger charge is 2.05. The monoisotopic (exact) mass is 159 g/mol. The Morgan fingerprint density at radius 2 is 2.40 bits per heavy atom. The Labute approximate surface area is 63.8 Å². The summed E-state index contributed by atoms with van der Waals surface area (Å²) < 4.78 is 12.7. The molecule has 0 radical (unpaired) electrons. The molecule has 1 aromatic heterocycles. The van der Waals surface area contributed by atoms with Gasteiger partial charge in [-0.25, -0.2) is 4.39 Å². The van der Waals surface area contributed by atoms with Crippen LogP contribution >= 0.6 is 11.6 Å². The highest BCUT2D eigenvalue weighted by Crippen LogP contribution is 2.20. The van der Waals surface area contributed by atoms with Crippen molar-refractivity contribution in [2.24, 2.45) is 0 Å². The van der Waals surface area contributed by atoms with Gasteiger partial charge in [0.05, 0.1) is 11.6 Å². The summed E-state index contributed by atoms with van der Waals surface area (Å²) in [5, 5.41) is -0.289. The van der Waals surface area contributed by atoms with Crippen molar-refractivity contribution >= 4 is 11.6 Å². The number of nitrogens with zero attached hydrogens (tertiary/aromatic N) is 1. The molecule has 0 fully saturated rings. The Morgan fingerprint density at radius 1 is 1.70 bits per heavy atom. The number of aromatic nitrogens is 1. The smallest absolute Gasteiger partial charge is 0.146 e. The van der Waals surface area contributed by atoms with Crippen molar-refractivity contribution in [1.29, 1.82) is 0 Å². The molecule has 0 amide bonds. The van der Waals surface area contributed by atoms with Crippen molar-refractivity contribution in [2.75, 3.05) is 0 Å². The van der Waals surface area contributed by atoms with Gasteiger partial charge >= 0.3 is 0 Å². The lowest BCUT2D eigenvalue weighted by Crippen LogP contribution is -1.90. The van der Waals surface area contributed by atoms with E-state index in [1.807, 2.05) is 0 Å². The van der Waals surface area contributed by atoms with Gasteiger partial charge in [-0.1, -0.05) is 0 Å². The van der Waals surface area contributed by atoms with E-state index in [1.54, 1.807) is 13.0 Å². The predicted octanol–water partition coefficient (Wildman–Crippen LogP) is 2.52. The van der Waals surface area contributed by atoms with Crippen LogP contribution in [0.15, 0.2) is 18.5 Å². The molecule has 0 unspecified atom stereocenters. The van der Waals surface area contributed by atoms with Crippen LogP contribution in [0.1, 0.15) is 17.9 Å². The fraction of sp³-hybridized carbons (Fsp3) is 0.286. The lowest BCUT2D eigenvalue weighted by atomic mass is 10.2. The van der Waals surface area contributed by atoms with Gasteiger partial charge in [0.2, 0.25) is 0 Å². The molecule has 0 bridgehead atoms. The summed E-state index contributed by atoms with van der Waals surface area (Å²) >= 11 is 5.64. The normalized spacial score (nSPS) is 13.1. The van der Waals surface area contributed by atoms with E-state index >= 15 is 0 Å². The molecule has 0 aromatic carbocycles. The Bertz CT molecular complexity index is 225. The van der Waals surface area contributed by atoms with E-state index in [1.165, 1.54) is 6.20 Å². The summed E-state index contributed by atoms with van der Waals surface area (Å²) in [5.74, 6) is -0.343. The van der Waals surface area contributed by atoms with Crippen LogP contribution in [-0.4, -0.2) is 4.98 Å². The van der Waals surface area contributed by atoms with E-state index in [9.17, 15) is 4.39 Å². The SMILES string of the molecule is C[C@@H](Cl)c1ccncc1F. The molecular formula is C7H7ClFN. The van der Waals surface area contributed by atoms with Gasteiger partial charge in [0.25, 0.3) is 0 Å². The summed E-state index contributed by atoms with van der Waals surface area (Å²) in [6.45, 7) is 1.72. The summed E-state index contributed by atoms with van der Waals surface area (Å²) in [6.07, 6.45) is 2.69. The van der Waals surface area contributed by atoms with E-state index in [2.05, 4.69) is 4.98 Å². The van der Waals surface area contributed by atoms with Gasteiger partial charge in [-0.05, 0) is 13.0 Å². The number of halogens is 2. The maximum atomic E-state index is 12.7. The van der Waals surface area contributed by atoms with Crippen LogP contribution in [0.5, 0.6) is 0 Å². The third kappa shape index (κ3) is 1.45. The Balaban J connectivity index is 3.03. The molecule has 0 aliphatic rings. The molecule has 10 heavy (non-hydrogen) atoms. The van der Waals surface area contributed by atoms with Crippen molar-refractivity contribution < 1.29 is 4.39 Å². The second-order valence-electron chi connectivity index (χ2n) is 2.01. The highest BCUT2D eigenvalue weighted by molar-refractivity contribution is 6.20. The van der Waals surface area contributed by atoms with Crippen LogP contribution in [0.2, 0.25) is 0 Å². The van der Waals surface area contributed by atoms with Crippen LogP contribution in [-0.2, 0) is 0 Å². The minimum absolute atomic E-state index is 0.289. The van der Waals surface area contributed by atoms with Crippen molar-refractivity contribution in [3.05, 3.63) is 29.8 Å². The van der Waals surface area contributed by atoms with Crippen LogP contribution in [0.4, 0.5) is 4.39 Å². The third-order valence-corrected chi connectivity index (χ3v) is 1.47. The van der Waals surface area contributed by atoms with Gasteiger partial charge in [-0.2, -0.15) is 0 Å². The fourth-order valence-electron chi connectivity index (χ4n) is 0.709. The van der Waals surface area contributed by atoms with E-state index in [4.69, 9.17) is 11.6 Å². The molecule has 1 nitrogen and oxygen atoms in total. The van der Waals surface area contributed by atoms with Crippen LogP contribution in [0.25, 0.3) is 0 Å². The first-order valence-corrected chi connectivity index (χ1v) is 3.39. The Kier molecular flexibility index (Phi) is 2.22. The number of rotatable bonds is 1. The lowest BCUT2D eigenvalue weighted by Gasteiger charge is -2.01. The lowest BCUT2D eigenvalue weighted by molar-refractivity contribution is 0.603. The second-order valence-corrected chi connectivity index (χ2v) is 2.67. The van der Waals surface area contributed by atoms with Gasteiger partial charge in [0.1, 0.15) is 5.82 Å². The molecule has 3 heteroatoms. The van der Waals surface area contributed by atoms with Crippen LogP contribution in [0, 0.1) is 5.82 Å². The quantitative estimate of drug-likeness (QED) is 0.574. The average molecular weight is 160 g/mol. The maximum Gasteiger partial charge on any atom is 0.146 e. The molecular weight excluding hydrogens is 153 g/mol. The van der Waals surface area contributed by atoms with Crippen molar-refractivity contribution in [1.82, 2.24) is 4.98 Å². The van der Waals surface area contributed by atoms with Gasteiger partial charge in [0, 0.05) is 11.8 Å². The molecule has 0 aliphatic heterocycles. The number of hydrogen-bond acceptors (Lipinski definition) is 1. The molecule has 1 heterocycles. The molecule has 0 saturated heterocycles. The highest BCUT2D eigenvalue weighted by atomic mass is 35.5. The zero-order valence-electron chi connectivity index (χ0n) is 5.51. The summed E-state index contributed by atoms with van der Waals surface area (Å²) in [6, 6.07) is 1.58. The summed E-state index contributed by atoms with van der Waals surface area (Å²) in [7, 11) is 0. The van der Waals surface area contributed by atoms with Crippen molar-refractivity contribution in [2.45, 2.75) is 12.3 Å². The first kappa shape index (κ1) is 7.48. The predicted molar refractivity (Wildman–Crippen MR) is 38.5 cm³/mol. The number of pyridine rings is 1. The molecule has 1 atom stereocenters. The van der Waals surface area contributed by atoms with E-state index < -0.39 is 0 Å². The van der Waals surface area contributed by atoms with E-state index in [0.29, 0.717) is 5.56 Å². The summed E-state index contributed by atoms with van der Waals surface area (Å²) in [5.41, 5.74) is 0.497. The van der Waals surface area contributed by atoms with Crippen molar-refractivity contribution in [3.63, 3.8) is 0 Å². The number of alkyl halides is 1. The molecule has 1 rings (SSSR count). The zero-order chi connectivity index (χ0) is 7.56. The Hall–Kier alpha value is -0.630. The minimum Gasteiger partial charge on any atom is -0.262 e. The van der Waals surface area contributed by atoms with Crippen molar-refractivity contribution in [3.8, 4) is 0 Å². The molecule has 0 saturated carbocycles. The van der Waals surface area contributed by atoms with Crippen LogP contribution < -0.4 is 0 Å². The molecule has 0 aliphatic carbocycles. The standard InChI is InChI=1S/C7H7ClFN/c1-5(8)6-2-3-10-4-7(6)9/h2-5H,1H3/t5-/m1/s1. The van der Waals surface area contributed by atoms with Gasteiger partial charge in [-0.15, -0.1) is 11.6 Å². The largest absolute Gasteiger partial charge is 0.262 e. The average Bonchev–Trinajstić information content (AvgIpc) is 1.88. The molecule has 1 aromatic rings. The second kappa shape index (κ2) is 2.97. The Morgan fingerprint density at radius 3 is 2.80 bits per heavy atom. The molecule has 0 spiro atoms. The van der Waals surface area contributed by atoms with Gasteiger partial charge in [-0.3, -0.25) is 4.98 Å². The third-order valence-electron chi connectivity index (χ3n) is 1.23. The molecule has 0 N–H and O–H groups in total. The molecule has 54 valence electrons. The topological polar surface area (TPSA) is 12.9 Å². The fourth-order valence-corrected chi connectivity index (χ4v) is 0.886. The van der Waals surface area contributed by atoms with Crippen LogP contribution in [0.3, 0.4) is 0 Å². The van der Waals surface area contributed by atoms with E-state index in [-0.39, 0.29) is 11.2 Å². The first-order valence-electron chi connectivity index (χ1n) is 2.95. The first-order chi connectivity index (χ1) is 4.72.